The van der Waals surface area contributed by atoms with Crippen LogP contribution in [-0.2, 0) is 16.0 Å². The Morgan fingerprint density at radius 1 is 1.41 bits per heavy atom. The molecule has 92 valence electrons. The molecule has 1 rings (SSSR count). The second-order valence-corrected chi connectivity index (χ2v) is 3.34. The number of carbonyl (C=O) groups is 2. The number of nitrogens with zero attached hydrogens (tertiary/aromatic N) is 1. The van der Waals surface area contributed by atoms with E-state index < -0.39 is 24.6 Å². The van der Waals surface area contributed by atoms with Crippen LogP contribution in [0.1, 0.15) is 5.56 Å². The highest BCUT2D eigenvalue weighted by Crippen LogP contribution is 2.08. The van der Waals surface area contributed by atoms with Gasteiger partial charge in [0.25, 0.3) is 0 Å². The predicted molar refractivity (Wildman–Crippen MR) is 56.7 cm³/mol. The molecule has 7 heteroatoms. The highest BCUT2D eigenvalue weighted by Gasteiger charge is 2.12. The number of nitrogens with two attached hydrogens (primary N) is 1. The zero-order valence-electron chi connectivity index (χ0n) is 8.87. The topological polar surface area (TPSA) is 123 Å². The number of aliphatic carboxylic acids is 2. The molecule has 0 aliphatic heterocycles. The van der Waals surface area contributed by atoms with Crippen LogP contribution in [0.5, 0.6) is 5.88 Å². The SMILES string of the molecule is N[C@@H](Cc1ccc(OCC(=O)O)nc1)C(=O)O. The molecule has 0 aromatic carbocycles. The van der Waals surface area contributed by atoms with Crippen molar-refractivity contribution in [3.63, 3.8) is 0 Å². The molecule has 0 spiro atoms. The van der Waals surface area contributed by atoms with Gasteiger partial charge in [0, 0.05) is 12.3 Å². The number of pyridine rings is 1. The summed E-state index contributed by atoms with van der Waals surface area (Å²) in [5.41, 5.74) is 5.99. The minimum Gasteiger partial charge on any atom is -0.480 e. The van der Waals surface area contributed by atoms with Crippen molar-refractivity contribution in [1.29, 1.82) is 0 Å². The average molecular weight is 240 g/mol. The highest BCUT2D eigenvalue weighted by molar-refractivity contribution is 5.73. The minimum atomic E-state index is -1.09. The zero-order chi connectivity index (χ0) is 12.8. The lowest BCUT2D eigenvalue weighted by molar-refractivity contribution is -0.140. The van der Waals surface area contributed by atoms with Crippen molar-refractivity contribution in [3.8, 4) is 5.88 Å². The number of aromatic nitrogens is 1. The summed E-state index contributed by atoms with van der Waals surface area (Å²) in [6, 6.07) is 2.07. The normalized spacial score (nSPS) is 11.8. The number of carboxylic acids is 2. The molecular formula is C10H12N2O5. The summed E-state index contributed by atoms with van der Waals surface area (Å²) in [6.45, 7) is -0.471. The van der Waals surface area contributed by atoms with Crippen molar-refractivity contribution in [2.24, 2.45) is 5.73 Å². The first-order valence-corrected chi connectivity index (χ1v) is 4.77. The summed E-state index contributed by atoms with van der Waals surface area (Å²) in [6.07, 6.45) is 1.56. The van der Waals surface area contributed by atoms with E-state index in [2.05, 4.69) is 4.98 Å². The maximum Gasteiger partial charge on any atom is 0.341 e. The van der Waals surface area contributed by atoms with Gasteiger partial charge in [-0.3, -0.25) is 4.79 Å². The number of hydrogen-bond acceptors (Lipinski definition) is 5. The third-order valence-corrected chi connectivity index (χ3v) is 1.91. The van der Waals surface area contributed by atoms with Gasteiger partial charge in [0.15, 0.2) is 6.61 Å². The van der Waals surface area contributed by atoms with Gasteiger partial charge in [-0.1, -0.05) is 6.07 Å². The van der Waals surface area contributed by atoms with Gasteiger partial charge in [-0.05, 0) is 12.0 Å². The Morgan fingerprint density at radius 3 is 2.59 bits per heavy atom. The molecule has 0 aliphatic carbocycles. The second kappa shape index (κ2) is 5.80. The number of hydrogen-bond donors (Lipinski definition) is 3. The lowest BCUT2D eigenvalue weighted by atomic mass is 10.1. The molecule has 0 aliphatic rings. The van der Waals surface area contributed by atoms with Crippen molar-refractivity contribution < 1.29 is 24.5 Å². The van der Waals surface area contributed by atoms with Gasteiger partial charge in [0.05, 0.1) is 0 Å². The molecule has 0 bridgehead atoms. The van der Waals surface area contributed by atoms with Gasteiger partial charge in [0.1, 0.15) is 6.04 Å². The van der Waals surface area contributed by atoms with E-state index in [0.29, 0.717) is 5.56 Å². The quantitative estimate of drug-likeness (QED) is 0.612. The first-order chi connectivity index (χ1) is 7.99. The van der Waals surface area contributed by atoms with Crippen LogP contribution in [-0.4, -0.2) is 39.8 Å². The largest absolute Gasteiger partial charge is 0.480 e. The van der Waals surface area contributed by atoms with Crippen LogP contribution in [0.25, 0.3) is 0 Å². The lowest BCUT2D eigenvalue weighted by Crippen LogP contribution is -2.32. The Bertz CT molecular complexity index is 404. The van der Waals surface area contributed by atoms with Crippen LogP contribution in [0.2, 0.25) is 0 Å². The Labute approximate surface area is 96.8 Å². The van der Waals surface area contributed by atoms with E-state index in [-0.39, 0.29) is 12.3 Å². The molecule has 1 heterocycles. The molecule has 4 N–H and O–H groups in total. The minimum absolute atomic E-state index is 0.154. The van der Waals surface area contributed by atoms with Crippen molar-refractivity contribution in [1.82, 2.24) is 4.98 Å². The number of carboxylic acid groups (broad SMARTS) is 2. The third kappa shape index (κ3) is 4.47. The van der Waals surface area contributed by atoms with Crippen molar-refractivity contribution >= 4 is 11.9 Å². The van der Waals surface area contributed by atoms with E-state index in [4.69, 9.17) is 20.7 Å². The van der Waals surface area contributed by atoms with E-state index in [1.165, 1.54) is 12.3 Å². The highest BCUT2D eigenvalue weighted by atomic mass is 16.5. The molecule has 17 heavy (non-hydrogen) atoms. The molecule has 1 aromatic heterocycles. The van der Waals surface area contributed by atoms with E-state index in [1.54, 1.807) is 6.07 Å². The Morgan fingerprint density at radius 2 is 2.12 bits per heavy atom. The molecule has 0 amide bonds. The van der Waals surface area contributed by atoms with Gasteiger partial charge >= 0.3 is 11.9 Å². The maximum atomic E-state index is 10.5. The van der Waals surface area contributed by atoms with Gasteiger partial charge in [0.2, 0.25) is 5.88 Å². The van der Waals surface area contributed by atoms with Crippen LogP contribution in [0.3, 0.4) is 0 Å². The molecule has 1 atom stereocenters. The van der Waals surface area contributed by atoms with Gasteiger partial charge in [-0.25, -0.2) is 9.78 Å². The number of rotatable bonds is 6. The van der Waals surface area contributed by atoms with Crippen LogP contribution in [0.15, 0.2) is 18.3 Å². The Balaban J connectivity index is 2.55. The molecule has 0 fully saturated rings. The summed E-state index contributed by atoms with van der Waals surface area (Å²) in [4.78, 5) is 24.6. The van der Waals surface area contributed by atoms with Crippen LogP contribution in [0.4, 0.5) is 0 Å². The molecule has 7 nitrogen and oxygen atoms in total. The first kappa shape index (κ1) is 12.9. The molecule has 1 aromatic rings. The first-order valence-electron chi connectivity index (χ1n) is 4.77. The third-order valence-electron chi connectivity index (χ3n) is 1.91. The summed E-state index contributed by atoms with van der Waals surface area (Å²) >= 11 is 0. The summed E-state index contributed by atoms with van der Waals surface area (Å²) in [5, 5.41) is 17.0. The molecule has 0 saturated heterocycles. The summed E-state index contributed by atoms with van der Waals surface area (Å²) in [7, 11) is 0. The van der Waals surface area contributed by atoms with E-state index in [0.717, 1.165) is 0 Å². The maximum absolute atomic E-state index is 10.5. The van der Waals surface area contributed by atoms with Crippen molar-refractivity contribution in [3.05, 3.63) is 23.9 Å². The second-order valence-electron chi connectivity index (χ2n) is 3.34. The Hall–Kier alpha value is -2.15. The van der Waals surface area contributed by atoms with E-state index in [1.807, 2.05) is 0 Å². The monoisotopic (exact) mass is 240 g/mol. The fourth-order valence-corrected chi connectivity index (χ4v) is 1.09. The van der Waals surface area contributed by atoms with E-state index in [9.17, 15) is 9.59 Å². The smallest absolute Gasteiger partial charge is 0.341 e. The van der Waals surface area contributed by atoms with Gasteiger partial charge in [-0.2, -0.15) is 0 Å². The summed E-state index contributed by atoms with van der Waals surface area (Å²) < 4.78 is 4.82. The summed E-state index contributed by atoms with van der Waals surface area (Å²) in [5.74, 6) is -2.01. The average Bonchev–Trinajstić information content (AvgIpc) is 2.28. The van der Waals surface area contributed by atoms with Crippen molar-refractivity contribution in [2.45, 2.75) is 12.5 Å². The van der Waals surface area contributed by atoms with Crippen molar-refractivity contribution in [2.75, 3.05) is 6.61 Å². The van der Waals surface area contributed by atoms with Gasteiger partial charge < -0.3 is 20.7 Å². The van der Waals surface area contributed by atoms with Crippen LogP contribution >= 0.6 is 0 Å². The Kier molecular flexibility index (Phi) is 4.41. The fraction of sp³-hybridized carbons (Fsp3) is 0.300. The lowest BCUT2D eigenvalue weighted by Gasteiger charge is -2.06. The molecule has 0 saturated carbocycles. The molecular weight excluding hydrogens is 228 g/mol. The zero-order valence-corrected chi connectivity index (χ0v) is 8.87. The van der Waals surface area contributed by atoms with E-state index >= 15 is 0 Å². The fourth-order valence-electron chi connectivity index (χ4n) is 1.09. The predicted octanol–water partition coefficient (Wildman–Crippen LogP) is -0.501. The molecule has 0 radical (unpaired) electrons. The number of ether oxygens (including phenoxy) is 1. The molecule has 0 unspecified atom stereocenters. The van der Waals surface area contributed by atoms with Gasteiger partial charge in [-0.15, -0.1) is 0 Å². The standard InChI is InChI=1S/C10H12N2O5/c11-7(10(15)16)3-6-1-2-8(12-4-6)17-5-9(13)14/h1-2,4,7H,3,5,11H2,(H,13,14)(H,15,16)/t7-/m0/s1. The van der Waals surface area contributed by atoms with Crippen LogP contribution < -0.4 is 10.5 Å². The van der Waals surface area contributed by atoms with Crippen LogP contribution in [0, 0.1) is 0 Å².